The molecule has 3 aromatic rings. The lowest BCUT2D eigenvalue weighted by atomic mass is 10.2. The number of fused-ring (bicyclic) bond motifs is 1. The molecule has 5 nitrogen and oxygen atoms in total. The second-order valence-electron chi connectivity index (χ2n) is 4.77. The number of ether oxygens (including phenoxy) is 1. The summed E-state index contributed by atoms with van der Waals surface area (Å²) in [5.74, 6) is 0.686. The number of phenolic OH excluding ortho intramolecular Hbond substituents is 2. The molecule has 0 saturated carbocycles. The summed E-state index contributed by atoms with van der Waals surface area (Å²) in [5, 5.41) is 19.5. The first kappa shape index (κ1) is 13.5. The molecule has 0 bridgehead atoms. The predicted molar refractivity (Wildman–Crippen MR) is 80.4 cm³/mol. The maximum atomic E-state index is 10.1. The summed E-state index contributed by atoms with van der Waals surface area (Å²) in [5.41, 5.74) is 2.42. The first-order valence-electron chi connectivity index (χ1n) is 6.67. The molecular weight excluding hydrogens is 268 g/mol. The number of aromatic nitrogens is 2. The van der Waals surface area contributed by atoms with Crippen molar-refractivity contribution in [2.75, 3.05) is 13.7 Å². The van der Waals surface area contributed by atoms with Crippen LogP contribution in [0.3, 0.4) is 0 Å². The van der Waals surface area contributed by atoms with E-state index < -0.39 is 0 Å². The molecule has 0 amide bonds. The van der Waals surface area contributed by atoms with E-state index in [0.29, 0.717) is 24.5 Å². The maximum Gasteiger partial charge on any atom is 0.144 e. The average Bonchev–Trinajstić information content (AvgIpc) is 2.83. The highest BCUT2D eigenvalue weighted by molar-refractivity contribution is 5.82. The van der Waals surface area contributed by atoms with Crippen LogP contribution in [0, 0.1) is 0 Å². The molecule has 0 radical (unpaired) electrons. The van der Waals surface area contributed by atoms with Crippen molar-refractivity contribution in [2.24, 2.45) is 0 Å². The van der Waals surface area contributed by atoms with Crippen LogP contribution in [-0.2, 0) is 11.3 Å². The van der Waals surface area contributed by atoms with E-state index in [1.165, 1.54) is 12.1 Å². The molecule has 0 aliphatic rings. The largest absolute Gasteiger partial charge is 0.508 e. The third-order valence-corrected chi connectivity index (χ3v) is 3.40. The summed E-state index contributed by atoms with van der Waals surface area (Å²) in [4.78, 5) is 4.59. The van der Waals surface area contributed by atoms with Crippen molar-refractivity contribution < 1.29 is 14.9 Å². The number of para-hydroxylation sites is 2. The number of hydrogen-bond acceptors (Lipinski definition) is 4. The Kier molecular flexibility index (Phi) is 3.50. The fourth-order valence-corrected chi connectivity index (χ4v) is 2.40. The SMILES string of the molecule is COCCn1c(-c2ccc(O)cc2O)nc2ccccc21. The number of hydrogen-bond donors (Lipinski definition) is 2. The third kappa shape index (κ3) is 2.43. The van der Waals surface area contributed by atoms with E-state index in [4.69, 9.17) is 4.74 Å². The monoisotopic (exact) mass is 284 g/mol. The molecule has 21 heavy (non-hydrogen) atoms. The van der Waals surface area contributed by atoms with Gasteiger partial charge in [0.15, 0.2) is 0 Å². The molecule has 108 valence electrons. The van der Waals surface area contributed by atoms with E-state index in [9.17, 15) is 10.2 Å². The molecule has 5 heteroatoms. The Bertz CT molecular complexity index is 780. The van der Waals surface area contributed by atoms with Crippen LogP contribution in [0.25, 0.3) is 22.4 Å². The molecule has 0 aliphatic carbocycles. The van der Waals surface area contributed by atoms with Gasteiger partial charge in [-0.2, -0.15) is 0 Å². The van der Waals surface area contributed by atoms with Gasteiger partial charge in [-0.1, -0.05) is 12.1 Å². The number of imidazole rings is 1. The van der Waals surface area contributed by atoms with E-state index in [2.05, 4.69) is 4.98 Å². The second-order valence-corrected chi connectivity index (χ2v) is 4.77. The van der Waals surface area contributed by atoms with Crippen LogP contribution in [0.15, 0.2) is 42.5 Å². The molecule has 0 saturated heterocycles. The summed E-state index contributed by atoms with van der Waals surface area (Å²) in [6.45, 7) is 1.18. The van der Waals surface area contributed by atoms with Gasteiger partial charge in [0.05, 0.1) is 23.2 Å². The summed E-state index contributed by atoms with van der Waals surface area (Å²) in [6, 6.07) is 12.3. The molecule has 1 heterocycles. The van der Waals surface area contributed by atoms with Crippen molar-refractivity contribution in [2.45, 2.75) is 6.54 Å². The standard InChI is InChI=1S/C16H16N2O3/c1-21-9-8-18-14-5-3-2-4-13(14)17-16(18)12-7-6-11(19)10-15(12)20/h2-7,10,19-20H,8-9H2,1H3. The minimum atomic E-state index is 0.00368. The fraction of sp³-hybridized carbons (Fsp3) is 0.188. The molecule has 0 unspecified atom stereocenters. The van der Waals surface area contributed by atoms with Gasteiger partial charge in [-0.15, -0.1) is 0 Å². The minimum absolute atomic E-state index is 0.00368. The smallest absolute Gasteiger partial charge is 0.144 e. The molecule has 0 spiro atoms. The van der Waals surface area contributed by atoms with Crippen molar-refractivity contribution in [3.05, 3.63) is 42.5 Å². The fourth-order valence-electron chi connectivity index (χ4n) is 2.40. The molecule has 0 fully saturated rings. The van der Waals surface area contributed by atoms with Crippen LogP contribution in [0.2, 0.25) is 0 Å². The molecule has 2 N–H and O–H groups in total. The molecule has 1 aromatic heterocycles. The van der Waals surface area contributed by atoms with E-state index in [-0.39, 0.29) is 11.5 Å². The van der Waals surface area contributed by atoms with Gasteiger partial charge in [0, 0.05) is 19.7 Å². The zero-order chi connectivity index (χ0) is 14.8. The van der Waals surface area contributed by atoms with E-state index in [0.717, 1.165) is 11.0 Å². The minimum Gasteiger partial charge on any atom is -0.508 e. The van der Waals surface area contributed by atoms with Gasteiger partial charge in [0.25, 0.3) is 0 Å². The van der Waals surface area contributed by atoms with Gasteiger partial charge in [0.1, 0.15) is 17.3 Å². The van der Waals surface area contributed by atoms with Crippen LogP contribution >= 0.6 is 0 Å². The van der Waals surface area contributed by atoms with Gasteiger partial charge in [-0.25, -0.2) is 4.98 Å². The van der Waals surface area contributed by atoms with Gasteiger partial charge < -0.3 is 19.5 Å². The molecular formula is C16H16N2O3. The Morgan fingerprint density at radius 1 is 1.14 bits per heavy atom. The zero-order valence-electron chi connectivity index (χ0n) is 11.7. The van der Waals surface area contributed by atoms with Gasteiger partial charge >= 0.3 is 0 Å². The van der Waals surface area contributed by atoms with Gasteiger partial charge in [-0.05, 0) is 24.3 Å². The number of benzene rings is 2. The quantitative estimate of drug-likeness (QED) is 0.773. The van der Waals surface area contributed by atoms with Crippen molar-refractivity contribution in [1.82, 2.24) is 9.55 Å². The lowest BCUT2D eigenvalue weighted by molar-refractivity contribution is 0.188. The van der Waals surface area contributed by atoms with E-state index in [1.807, 2.05) is 28.8 Å². The third-order valence-electron chi connectivity index (χ3n) is 3.40. The maximum absolute atomic E-state index is 10.1. The van der Waals surface area contributed by atoms with Crippen LogP contribution in [0.1, 0.15) is 0 Å². The Morgan fingerprint density at radius 2 is 1.95 bits per heavy atom. The molecule has 0 aliphatic heterocycles. The zero-order valence-corrected chi connectivity index (χ0v) is 11.7. The normalized spacial score (nSPS) is 11.1. The Morgan fingerprint density at radius 3 is 2.71 bits per heavy atom. The first-order chi connectivity index (χ1) is 10.2. The highest BCUT2D eigenvalue weighted by Crippen LogP contribution is 2.33. The summed E-state index contributed by atoms with van der Waals surface area (Å²) in [7, 11) is 1.65. The lowest BCUT2D eigenvalue weighted by Gasteiger charge is -2.10. The molecule has 3 rings (SSSR count). The van der Waals surface area contributed by atoms with Gasteiger partial charge in [-0.3, -0.25) is 0 Å². The van der Waals surface area contributed by atoms with Crippen molar-refractivity contribution >= 4 is 11.0 Å². The highest BCUT2D eigenvalue weighted by atomic mass is 16.5. The van der Waals surface area contributed by atoms with Crippen LogP contribution < -0.4 is 0 Å². The number of phenols is 2. The summed E-state index contributed by atoms with van der Waals surface area (Å²) in [6.07, 6.45) is 0. The number of nitrogens with zero attached hydrogens (tertiary/aromatic N) is 2. The number of aromatic hydroxyl groups is 2. The molecule has 0 atom stereocenters. The number of methoxy groups -OCH3 is 1. The van der Waals surface area contributed by atoms with Crippen LogP contribution in [0.5, 0.6) is 11.5 Å². The Hall–Kier alpha value is -2.53. The number of rotatable bonds is 4. The summed E-state index contributed by atoms with van der Waals surface area (Å²) < 4.78 is 7.16. The van der Waals surface area contributed by atoms with Crippen molar-refractivity contribution in [3.8, 4) is 22.9 Å². The predicted octanol–water partition coefficient (Wildman–Crippen LogP) is 2.76. The van der Waals surface area contributed by atoms with Crippen molar-refractivity contribution in [1.29, 1.82) is 0 Å². The molecule has 2 aromatic carbocycles. The highest BCUT2D eigenvalue weighted by Gasteiger charge is 2.15. The second kappa shape index (κ2) is 5.46. The van der Waals surface area contributed by atoms with Crippen LogP contribution in [-0.4, -0.2) is 33.5 Å². The van der Waals surface area contributed by atoms with Crippen LogP contribution in [0.4, 0.5) is 0 Å². The Balaban J connectivity index is 2.20. The summed E-state index contributed by atoms with van der Waals surface area (Å²) >= 11 is 0. The lowest BCUT2D eigenvalue weighted by Crippen LogP contribution is -2.06. The Labute approximate surface area is 122 Å². The van der Waals surface area contributed by atoms with Crippen molar-refractivity contribution in [3.63, 3.8) is 0 Å². The van der Waals surface area contributed by atoms with E-state index in [1.54, 1.807) is 13.2 Å². The first-order valence-corrected chi connectivity index (χ1v) is 6.67. The average molecular weight is 284 g/mol. The van der Waals surface area contributed by atoms with Gasteiger partial charge in [0.2, 0.25) is 0 Å². The van der Waals surface area contributed by atoms with E-state index >= 15 is 0 Å². The topological polar surface area (TPSA) is 67.5 Å².